The number of benzene rings is 2. The topological polar surface area (TPSA) is 127 Å². The number of para-hydroxylation sites is 1. The third-order valence-corrected chi connectivity index (χ3v) is 5.56. The van der Waals surface area contributed by atoms with Crippen LogP contribution in [0.3, 0.4) is 0 Å². The maximum atomic E-state index is 12.6. The lowest BCUT2D eigenvalue weighted by molar-refractivity contribution is -0.115. The van der Waals surface area contributed by atoms with Crippen molar-refractivity contribution < 1.29 is 17.6 Å². The summed E-state index contributed by atoms with van der Waals surface area (Å²) in [6, 6.07) is 15.5. The van der Waals surface area contributed by atoms with Crippen LogP contribution in [-0.2, 0) is 14.8 Å². The Balaban J connectivity index is 1.56. The molecular weight excluding hydrogens is 382 g/mol. The van der Waals surface area contributed by atoms with Crippen molar-refractivity contribution in [2.24, 2.45) is 4.99 Å². The van der Waals surface area contributed by atoms with Crippen molar-refractivity contribution in [3.05, 3.63) is 72.4 Å². The van der Waals surface area contributed by atoms with E-state index in [-0.39, 0.29) is 28.9 Å². The second-order valence-electron chi connectivity index (χ2n) is 5.98. The van der Waals surface area contributed by atoms with E-state index in [1.807, 2.05) is 30.3 Å². The Labute approximate surface area is 160 Å². The van der Waals surface area contributed by atoms with Gasteiger partial charge in [0.05, 0.1) is 11.6 Å². The Morgan fingerprint density at radius 2 is 1.86 bits per heavy atom. The molecule has 9 nitrogen and oxygen atoms in total. The Morgan fingerprint density at radius 1 is 1.11 bits per heavy atom. The van der Waals surface area contributed by atoms with Crippen LogP contribution in [0.1, 0.15) is 17.4 Å². The highest BCUT2D eigenvalue weighted by molar-refractivity contribution is 7.90. The third kappa shape index (κ3) is 3.49. The number of nitrogens with zero attached hydrogens (tertiary/aromatic N) is 3. The number of nitrogens with one attached hydrogen (secondary N) is 2. The predicted molar refractivity (Wildman–Crippen MR) is 99.5 cm³/mol. The fraction of sp³-hybridized carbons (Fsp3) is 0.111. The minimum absolute atomic E-state index is 0.0274. The number of carbonyl (C=O) groups is 1. The normalized spacial score (nSPS) is 15.6. The number of carbonyl (C=O) groups excluding carboxylic acids is 1. The van der Waals surface area contributed by atoms with E-state index in [9.17, 15) is 13.2 Å². The molecule has 0 saturated heterocycles. The number of amides is 1. The van der Waals surface area contributed by atoms with Gasteiger partial charge in [-0.3, -0.25) is 9.52 Å². The minimum Gasteiger partial charge on any atom is -0.427 e. The molecule has 4 rings (SSSR count). The number of rotatable bonds is 5. The molecular formula is C18H15N5O4S. The van der Waals surface area contributed by atoms with Crippen LogP contribution in [0, 0.1) is 0 Å². The van der Waals surface area contributed by atoms with Gasteiger partial charge >= 0.3 is 0 Å². The quantitative estimate of drug-likeness (QED) is 0.669. The van der Waals surface area contributed by atoms with Gasteiger partial charge in [0.2, 0.25) is 18.1 Å². The van der Waals surface area contributed by atoms with Crippen LogP contribution in [0.5, 0.6) is 0 Å². The molecule has 1 atom stereocenters. The Bertz CT molecular complexity index is 1130. The summed E-state index contributed by atoms with van der Waals surface area (Å²) in [6.07, 6.45) is 1.21. The molecule has 142 valence electrons. The third-order valence-electron chi connectivity index (χ3n) is 4.18. The highest BCUT2D eigenvalue weighted by Crippen LogP contribution is 2.27. The molecule has 0 saturated carbocycles. The van der Waals surface area contributed by atoms with Crippen molar-refractivity contribution in [1.82, 2.24) is 20.2 Å². The largest absolute Gasteiger partial charge is 0.427 e. The van der Waals surface area contributed by atoms with Gasteiger partial charge in [-0.05, 0) is 17.7 Å². The SMILES string of the molecule is O=C(NCC(c1ccccc1)c1nnco1)C1=Nc2ccccc2S(=O)(=O)N1. The van der Waals surface area contributed by atoms with Crippen LogP contribution in [0.15, 0.2) is 75.3 Å². The van der Waals surface area contributed by atoms with Gasteiger partial charge in [0.1, 0.15) is 4.90 Å². The number of fused-ring (bicyclic) bond motifs is 1. The number of sulfonamides is 1. The first-order valence-corrected chi connectivity index (χ1v) is 9.82. The zero-order valence-corrected chi connectivity index (χ0v) is 15.3. The van der Waals surface area contributed by atoms with Crippen LogP contribution >= 0.6 is 0 Å². The first-order valence-electron chi connectivity index (χ1n) is 8.34. The Morgan fingerprint density at radius 3 is 2.61 bits per heavy atom. The van der Waals surface area contributed by atoms with E-state index >= 15 is 0 Å². The van der Waals surface area contributed by atoms with E-state index in [1.54, 1.807) is 12.1 Å². The average Bonchev–Trinajstić information content (AvgIpc) is 3.23. The summed E-state index contributed by atoms with van der Waals surface area (Å²) in [5.41, 5.74) is 1.08. The number of hydrogen-bond acceptors (Lipinski definition) is 7. The van der Waals surface area contributed by atoms with E-state index in [4.69, 9.17) is 4.42 Å². The molecule has 3 aromatic rings. The van der Waals surface area contributed by atoms with E-state index < -0.39 is 15.9 Å². The molecule has 0 bridgehead atoms. The summed E-state index contributed by atoms with van der Waals surface area (Å²) in [6.45, 7) is 0.118. The van der Waals surface area contributed by atoms with Crippen molar-refractivity contribution in [2.45, 2.75) is 10.8 Å². The van der Waals surface area contributed by atoms with E-state index in [0.29, 0.717) is 5.89 Å². The lowest BCUT2D eigenvalue weighted by atomic mass is 9.99. The van der Waals surface area contributed by atoms with Crippen molar-refractivity contribution in [3.63, 3.8) is 0 Å². The van der Waals surface area contributed by atoms with Gasteiger partial charge in [0.25, 0.3) is 15.9 Å². The average molecular weight is 397 g/mol. The monoisotopic (exact) mass is 397 g/mol. The van der Waals surface area contributed by atoms with Gasteiger partial charge in [0, 0.05) is 6.54 Å². The first kappa shape index (κ1) is 17.9. The summed E-state index contributed by atoms with van der Waals surface area (Å²) in [5, 5.41) is 10.3. The number of aromatic nitrogens is 2. The lowest BCUT2D eigenvalue weighted by Crippen LogP contribution is -2.45. The fourth-order valence-electron chi connectivity index (χ4n) is 2.84. The van der Waals surface area contributed by atoms with Crippen LogP contribution < -0.4 is 10.0 Å². The van der Waals surface area contributed by atoms with Crippen molar-refractivity contribution in [2.75, 3.05) is 6.54 Å². The molecule has 0 aliphatic carbocycles. The van der Waals surface area contributed by atoms with Gasteiger partial charge < -0.3 is 9.73 Å². The van der Waals surface area contributed by atoms with Gasteiger partial charge in [-0.25, -0.2) is 13.4 Å². The van der Waals surface area contributed by atoms with Crippen molar-refractivity contribution >= 4 is 27.5 Å². The smallest absolute Gasteiger partial charge is 0.287 e. The molecule has 0 fully saturated rings. The van der Waals surface area contributed by atoms with Crippen molar-refractivity contribution in [3.8, 4) is 0 Å². The molecule has 1 amide bonds. The molecule has 0 spiro atoms. The van der Waals surface area contributed by atoms with Gasteiger partial charge in [-0.2, -0.15) is 0 Å². The standard InChI is InChI=1S/C18H15N5O4S/c24-17(16-21-14-8-4-5-9-15(14)28(25,26)23-16)19-10-13(18-22-20-11-27-18)12-6-2-1-3-7-12/h1-9,11,13H,10H2,(H,19,24)(H,21,23). The molecule has 0 radical (unpaired) electrons. The minimum atomic E-state index is -3.85. The number of hydrogen-bond donors (Lipinski definition) is 2. The van der Waals surface area contributed by atoms with E-state index in [2.05, 4.69) is 25.2 Å². The summed E-state index contributed by atoms with van der Waals surface area (Å²) in [5.74, 6) is -1.00. The number of amidine groups is 1. The molecule has 1 aliphatic heterocycles. The van der Waals surface area contributed by atoms with Crippen molar-refractivity contribution in [1.29, 1.82) is 0 Å². The van der Waals surface area contributed by atoms with Gasteiger partial charge in [-0.1, -0.05) is 42.5 Å². The van der Waals surface area contributed by atoms with Crippen LogP contribution in [0.2, 0.25) is 0 Å². The molecule has 1 aromatic heterocycles. The summed E-state index contributed by atoms with van der Waals surface area (Å²) < 4.78 is 32.2. The molecule has 2 aromatic carbocycles. The van der Waals surface area contributed by atoms with Crippen LogP contribution in [-0.4, -0.2) is 36.9 Å². The molecule has 28 heavy (non-hydrogen) atoms. The highest BCUT2D eigenvalue weighted by Gasteiger charge is 2.29. The summed E-state index contributed by atoms with van der Waals surface area (Å²) >= 11 is 0. The maximum absolute atomic E-state index is 12.6. The summed E-state index contributed by atoms with van der Waals surface area (Å²) in [4.78, 5) is 16.7. The zero-order chi connectivity index (χ0) is 19.6. The molecule has 2 heterocycles. The molecule has 2 N–H and O–H groups in total. The van der Waals surface area contributed by atoms with E-state index in [1.165, 1.54) is 18.5 Å². The fourth-order valence-corrected chi connectivity index (χ4v) is 3.99. The van der Waals surface area contributed by atoms with Crippen LogP contribution in [0.25, 0.3) is 0 Å². The Kier molecular flexibility index (Phi) is 4.62. The molecule has 1 unspecified atom stereocenters. The second-order valence-corrected chi connectivity index (χ2v) is 7.63. The Hall–Kier alpha value is -3.53. The molecule has 10 heteroatoms. The van der Waals surface area contributed by atoms with Gasteiger partial charge in [0.15, 0.2) is 0 Å². The highest BCUT2D eigenvalue weighted by atomic mass is 32.2. The summed E-state index contributed by atoms with van der Waals surface area (Å²) in [7, 11) is -3.85. The second kappa shape index (κ2) is 7.24. The predicted octanol–water partition coefficient (Wildman–Crippen LogP) is 1.34. The zero-order valence-electron chi connectivity index (χ0n) is 14.4. The lowest BCUT2D eigenvalue weighted by Gasteiger charge is -2.19. The van der Waals surface area contributed by atoms with E-state index in [0.717, 1.165) is 5.56 Å². The first-order chi connectivity index (χ1) is 13.5. The van der Waals surface area contributed by atoms with Gasteiger partial charge in [-0.15, -0.1) is 10.2 Å². The van der Waals surface area contributed by atoms with Crippen LogP contribution in [0.4, 0.5) is 5.69 Å². The maximum Gasteiger partial charge on any atom is 0.287 e. The number of aliphatic imine (C=N–C) groups is 1. The molecule has 1 aliphatic rings.